The van der Waals surface area contributed by atoms with Gasteiger partial charge in [0.1, 0.15) is 74.8 Å². The number of fused-ring (bicyclic) bond motifs is 4. The van der Waals surface area contributed by atoms with Crippen LogP contribution < -0.4 is 17.2 Å². The van der Waals surface area contributed by atoms with E-state index < -0.39 is 65.3 Å². The number of ketones is 1. The van der Waals surface area contributed by atoms with Gasteiger partial charge in [-0.25, -0.2) is 42.5 Å². The zero-order valence-corrected chi connectivity index (χ0v) is 57.1. The minimum Gasteiger partial charge on any atom is -0.480 e. The van der Waals surface area contributed by atoms with E-state index in [0.29, 0.717) is 76.6 Å². The van der Waals surface area contributed by atoms with Crippen molar-refractivity contribution in [1.29, 1.82) is 0 Å². The van der Waals surface area contributed by atoms with Crippen LogP contribution in [0.25, 0.3) is 32.7 Å². The van der Waals surface area contributed by atoms with Crippen LogP contribution in [-0.2, 0) is 50.0 Å². The molecule has 7 N–H and O–H groups in total. The Kier molecular flexibility index (Phi) is 22.5. The summed E-state index contributed by atoms with van der Waals surface area (Å²) in [6.07, 6.45) is 7.02. The van der Waals surface area contributed by atoms with Gasteiger partial charge in [0.25, 0.3) is 17.7 Å². The predicted molar refractivity (Wildman–Crippen MR) is 368 cm³/mol. The number of esters is 1. The van der Waals surface area contributed by atoms with Crippen molar-refractivity contribution in [2.75, 3.05) is 0 Å². The molecule has 1 aliphatic heterocycles. The lowest BCUT2D eigenvalue weighted by atomic mass is 10.0. The number of aliphatic carboxylic acids is 1. The van der Waals surface area contributed by atoms with Gasteiger partial charge in [0.15, 0.2) is 22.9 Å². The first-order valence-electron chi connectivity index (χ1n) is 30.6. The maximum Gasteiger partial charge on any atom is 0.328 e. The van der Waals surface area contributed by atoms with Crippen LogP contribution in [0.5, 0.6) is 0 Å². The average Bonchev–Trinajstić information content (AvgIpc) is 1.59. The Morgan fingerprint density at radius 1 is 0.529 bits per heavy atom. The number of carbonyl (C=O) groups excluding carboxylic acids is 6. The lowest BCUT2D eigenvalue weighted by molar-refractivity contribution is -0.155. The molecule has 0 radical (unpaired) electrons. The summed E-state index contributed by atoms with van der Waals surface area (Å²) in [6, 6.07) is 29.8. The third-order valence-corrected chi connectivity index (χ3v) is 15.8. The minimum atomic E-state index is -1.10. The third-order valence-electron chi connectivity index (χ3n) is 15.0. The number of amides is 4. The fourth-order valence-electron chi connectivity index (χ4n) is 10.7. The highest BCUT2D eigenvalue weighted by molar-refractivity contribution is 9.10. The van der Waals surface area contributed by atoms with Crippen LogP contribution in [0.2, 0.25) is 0 Å². The summed E-state index contributed by atoms with van der Waals surface area (Å²) >= 11 is 6.34. The Bertz CT molecular complexity index is 5360. The molecule has 13 rings (SSSR count). The maximum atomic E-state index is 13.6. The summed E-state index contributed by atoms with van der Waals surface area (Å²) in [5.74, 6) is 11.5. The quantitative estimate of drug-likeness (QED) is 0.0385. The largest absolute Gasteiger partial charge is 0.480 e. The molecule has 0 spiro atoms. The van der Waals surface area contributed by atoms with E-state index in [-0.39, 0.29) is 77.2 Å². The summed E-state index contributed by atoms with van der Waals surface area (Å²) in [5, 5.41) is 22.7. The van der Waals surface area contributed by atoms with Gasteiger partial charge in [0.05, 0.1) is 29.0 Å². The Labute approximate surface area is 594 Å². The first kappa shape index (κ1) is 72.4. The van der Waals surface area contributed by atoms with Gasteiger partial charge < -0.3 is 31.9 Å². The summed E-state index contributed by atoms with van der Waals surface area (Å²) in [4.78, 5) is 107. The van der Waals surface area contributed by atoms with Gasteiger partial charge in [-0.2, -0.15) is 15.3 Å². The number of nitrogens with two attached hydrogens (primary N) is 3. The number of carbonyl (C=O) groups is 7. The van der Waals surface area contributed by atoms with E-state index in [2.05, 4.69) is 108 Å². The van der Waals surface area contributed by atoms with Crippen LogP contribution in [-0.4, -0.2) is 123 Å². The first-order chi connectivity index (χ1) is 48.6. The molecule has 3 atom stereocenters. The Hall–Kier alpha value is -12.3. The van der Waals surface area contributed by atoms with Gasteiger partial charge in [-0.1, -0.05) is 23.8 Å². The van der Waals surface area contributed by atoms with Crippen molar-refractivity contribution >= 4 is 106 Å². The lowest BCUT2D eigenvalue weighted by Gasteiger charge is -2.26. The van der Waals surface area contributed by atoms with Crippen LogP contribution in [0, 0.1) is 64.7 Å². The van der Waals surface area contributed by atoms with Gasteiger partial charge >= 0.3 is 11.9 Å². The number of aromatic nitrogens is 11. The van der Waals surface area contributed by atoms with E-state index >= 15 is 0 Å². The number of nitrogens with zero attached hydrogens (tertiary/aromatic N) is 12. The van der Waals surface area contributed by atoms with Crippen molar-refractivity contribution in [3.05, 3.63) is 235 Å². The molecule has 11 aromatic rings. The van der Waals surface area contributed by atoms with Gasteiger partial charge in [-0.15, -0.1) is 0 Å². The number of likely N-dealkylation sites (tertiary alicyclic amines) is 1. The van der Waals surface area contributed by atoms with E-state index in [0.717, 1.165) is 6.42 Å². The van der Waals surface area contributed by atoms with Crippen molar-refractivity contribution in [2.24, 2.45) is 23.1 Å². The molecular formula is C72H55Br2F4N15O9. The number of benzene rings is 3. The number of Topliss-reactive ketones (excluding diaryl/α,β-unsaturated/α-hetero) is 1. The molecule has 3 aromatic carbocycles. The fourth-order valence-corrected chi connectivity index (χ4v) is 11.4. The molecule has 1 unspecified atom stereocenters. The second-order valence-corrected chi connectivity index (χ2v) is 25.2. The van der Waals surface area contributed by atoms with Crippen molar-refractivity contribution in [1.82, 2.24) is 59.2 Å². The zero-order valence-electron chi connectivity index (χ0n) is 53.9. The summed E-state index contributed by atoms with van der Waals surface area (Å²) < 4.78 is 62.4. The van der Waals surface area contributed by atoms with Gasteiger partial charge in [0, 0.05) is 93.6 Å². The average molecular weight is 1510 g/mol. The first-order valence-corrected chi connectivity index (χ1v) is 32.2. The van der Waals surface area contributed by atoms with Crippen LogP contribution in [0.3, 0.4) is 0 Å². The number of carboxylic acids is 1. The lowest BCUT2D eigenvalue weighted by Crippen LogP contribution is -2.45. The smallest absolute Gasteiger partial charge is 0.328 e. The number of ether oxygens (including phenoxy) is 1. The van der Waals surface area contributed by atoms with E-state index in [1.807, 2.05) is 6.07 Å². The van der Waals surface area contributed by atoms with Crippen molar-refractivity contribution in [3.63, 3.8) is 0 Å². The topological polar surface area (TPSA) is 348 Å². The number of hydrogen-bond acceptors (Lipinski definition) is 16. The van der Waals surface area contributed by atoms with E-state index in [9.17, 15) is 51.1 Å². The summed E-state index contributed by atoms with van der Waals surface area (Å²) in [5.41, 5.74) is 20.3. The molecule has 30 heteroatoms. The van der Waals surface area contributed by atoms with E-state index in [1.54, 1.807) is 92.4 Å². The van der Waals surface area contributed by atoms with E-state index in [1.165, 1.54) is 87.4 Å². The Morgan fingerprint density at radius 3 is 1.33 bits per heavy atom. The monoisotopic (exact) mass is 1510 g/mol. The molecule has 0 bridgehead atoms. The Balaban J connectivity index is 0.000000160. The second kappa shape index (κ2) is 31.7. The molecule has 2 aliphatic rings. The number of pyridine rings is 5. The molecule has 8 aromatic heterocycles. The molecule has 1 saturated heterocycles. The molecule has 4 amide bonds. The molecule has 514 valence electrons. The normalized spacial score (nSPS) is 13.9. The van der Waals surface area contributed by atoms with Crippen molar-refractivity contribution in [2.45, 2.75) is 77.4 Å². The minimum absolute atomic E-state index is 0.00871. The van der Waals surface area contributed by atoms with Crippen LogP contribution >= 0.6 is 31.9 Å². The SMILES string of the molecule is CC(C)(C)OC(=O)Cn1nc(C(N)=O)c2cc(C#Cc3cc(F)ccn3)ccc21.Fc1ccnc(Br)c1.NC(=O)c1nn(CC(=O)N2C(C(=O)Cc3cccc(Br)n3)C[C@H]3C[C@H]32)c2ccc(C#Cc3cc(F)ccn3)cc12.NC(=O)c1nn(CC(=O)O)c2ccc(C#Cc3cc(F)ccn3)cc12. The molecule has 102 heavy (non-hydrogen) atoms. The Morgan fingerprint density at radius 2 is 0.951 bits per heavy atom. The van der Waals surface area contributed by atoms with Gasteiger partial charge in [0.2, 0.25) is 5.91 Å². The van der Waals surface area contributed by atoms with Gasteiger partial charge in [-0.3, -0.25) is 47.6 Å². The number of primary amides is 3. The second-order valence-electron chi connectivity index (χ2n) is 23.6. The highest BCUT2D eigenvalue weighted by atomic mass is 79.9. The molecule has 1 saturated carbocycles. The predicted octanol–water partition coefficient (Wildman–Crippen LogP) is 8.58. The van der Waals surface area contributed by atoms with Crippen molar-refractivity contribution < 1.29 is 61.0 Å². The number of piperidine rings is 1. The number of rotatable bonds is 12. The maximum absolute atomic E-state index is 13.6. The molecule has 2 fully saturated rings. The summed E-state index contributed by atoms with van der Waals surface area (Å²) in [6.45, 7) is 4.57. The molecular weight excluding hydrogens is 1450 g/mol. The highest BCUT2D eigenvalue weighted by Gasteiger charge is 2.55. The number of hydrogen-bond donors (Lipinski definition) is 4. The fraction of sp³-hybridized carbons (Fsp3) is 0.181. The highest BCUT2D eigenvalue weighted by Crippen LogP contribution is 2.48. The van der Waals surface area contributed by atoms with Crippen LogP contribution in [0.4, 0.5) is 17.6 Å². The zero-order chi connectivity index (χ0) is 73.1. The van der Waals surface area contributed by atoms with Crippen molar-refractivity contribution in [3.8, 4) is 35.5 Å². The van der Waals surface area contributed by atoms with Crippen LogP contribution in [0.15, 0.2) is 155 Å². The molecule has 9 heterocycles. The number of halogens is 6. The van der Waals surface area contributed by atoms with Crippen LogP contribution in [0.1, 0.15) is 105 Å². The van der Waals surface area contributed by atoms with Gasteiger partial charge in [-0.05, 0) is 180 Å². The molecule has 24 nitrogen and oxygen atoms in total. The number of carboxylic acid groups (broad SMARTS) is 1. The third kappa shape index (κ3) is 18.9. The van der Waals surface area contributed by atoms with E-state index in [4.69, 9.17) is 27.0 Å². The standard InChI is InChI=1S/C29H22BrFN6O3.C21H19FN4O3.C17H11FN4O3.C5H3BrFN/c30-26-3-1-2-20(34-26)14-25(38)24-12-17-11-23(17)37(24)27(39)15-36-22-7-5-16(10-21(22)28(35-36)29(32)40)4-6-19-13-18(31)8-9-33-19;1-21(2,3)29-18(27)12-26-17-7-5-13(10-16(17)19(25-26)20(23)28)4-6-15-11-14(22)8-9-24-15;18-11-5-6-20-12(8-11)3-1-10-2-4-14-13(7-10)16(17(19)25)21-22(14)9-15(23)24;6-5-3-4(7)1-2-8-5/h1-3,5,7-10,13,17,23-24H,11-12,14-15H2,(H2,32,40);5,7-11H,12H2,1-3H3,(H2,23,28);2,4-8H,9H2,(H2,19,25)(H,23,24);1-3H/t17-,23-,24?;;;/m1.../s1. The molecule has 1 aliphatic carbocycles. The summed E-state index contributed by atoms with van der Waals surface area (Å²) in [7, 11) is 0.